The number of hydrogen-bond donors (Lipinski definition) is 1. The molecule has 0 amide bonds. The van der Waals surface area contributed by atoms with Crippen molar-refractivity contribution in [1.29, 1.82) is 0 Å². The highest BCUT2D eigenvalue weighted by molar-refractivity contribution is 4.68. The van der Waals surface area contributed by atoms with Gasteiger partial charge in [0.2, 0.25) is 0 Å². The molecule has 1 aliphatic rings. The van der Waals surface area contributed by atoms with Crippen molar-refractivity contribution in [2.24, 2.45) is 0 Å². The van der Waals surface area contributed by atoms with E-state index in [1.54, 1.807) is 0 Å². The third-order valence-corrected chi connectivity index (χ3v) is 1.51. The molecule has 1 fully saturated rings. The molecule has 0 aromatic rings. The van der Waals surface area contributed by atoms with Gasteiger partial charge >= 0.3 is 0 Å². The standard InChI is InChI=1S/C6H12NO/c1-7-6-2-4-8-5-3-6/h6-7H,1-5H2. The molecule has 1 aliphatic heterocycles. The SMILES string of the molecule is [CH2]NC1CCOCC1. The quantitative estimate of drug-likeness (QED) is 0.537. The van der Waals surface area contributed by atoms with Crippen LogP contribution in [0.2, 0.25) is 0 Å². The predicted octanol–water partition coefficient (Wildman–Crippen LogP) is 0.547. The maximum Gasteiger partial charge on any atom is 0.0480 e. The van der Waals surface area contributed by atoms with Gasteiger partial charge in [0.15, 0.2) is 0 Å². The Morgan fingerprint density at radius 3 is 2.38 bits per heavy atom. The van der Waals surface area contributed by atoms with Crippen LogP contribution in [0.4, 0.5) is 0 Å². The molecule has 0 atom stereocenters. The average molecular weight is 114 g/mol. The first-order valence-electron chi connectivity index (χ1n) is 3.04. The zero-order valence-electron chi connectivity index (χ0n) is 5.02. The Labute approximate surface area is 50.2 Å². The van der Waals surface area contributed by atoms with E-state index in [4.69, 9.17) is 4.74 Å². The number of hydrogen-bond acceptors (Lipinski definition) is 2. The van der Waals surface area contributed by atoms with Gasteiger partial charge in [0.25, 0.3) is 0 Å². The van der Waals surface area contributed by atoms with Crippen LogP contribution in [-0.2, 0) is 4.74 Å². The minimum atomic E-state index is 0.601. The van der Waals surface area contributed by atoms with Crippen LogP contribution in [0.5, 0.6) is 0 Å². The normalized spacial score (nSPS) is 23.6. The molecule has 2 nitrogen and oxygen atoms in total. The lowest BCUT2D eigenvalue weighted by atomic mass is 10.1. The lowest BCUT2D eigenvalue weighted by molar-refractivity contribution is 0.0810. The summed E-state index contributed by atoms with van der Waals surface area (Å²) >= 11 is 0. The van der Waals surface area contributed by atoms with Gasteiger partial charge in [-0.2, -0.15) is 0 Å². The largest absolute Gasteiger partial charge is 0.381 e. The van der Waals surface area contributed by atoms with Crippen molar-refractivity contribution in [2.45, 2.75) is 18.9 Å². The van der Waals surface area contributed by atoms with Crippen molar-refractivity contribution in [3.05, 3.63) is 7.05 Å². The Morgan fingerprint density at radius 2 is 2.00 bits per heavy atom. The highest BCUT2D eigenvalue weighted by Gasteiger charge is 2.09. The second-order valence-corrected chi connectivity index (χ2v) is 2.09. The molecule has 0 spiro atoms. The molecule has 0 aromatic heterocycles. The summed E-state index contributed by atoms with van der Waals surface area (Å²) in [5.41, 5.74) is 0. The summed E-state index contributed by atoms with van der Waals surface area (Å²) in [6.07, 6.45) is 2.23. The van der Waals surface area contributed by atoms with Crippen molar-refractivity contribution in [1.82, 2.24) is 5.32 Å². The van der Waals surface area contributed by atoms with Gasteiger partial charge in [0.05, 0.1) is 0 Å². The van der Waals surface area contributed by atoms with Crippen LogP contribution in [0, 0.1) is 7.05 Å². The van der Waals surface area contributed by atoms with Gasteiger partial charge in [0, 0.05) is 26.3 Å². The fourth-order valence-electron chi connectivity index (χ4n) is 0.902. The fourth-order valence-corrected chi connectivity index (χ4v) is 0.902. The molecule has 1 heterocycles. The van der Waals surface area contributed by atoms with E-state index < -0.39 is 0 Å². The van der Waals surface area contributed by atoms with Crippen LogP contribution >= 0.6 is 0 Å². The van der Waals surface area contributed by atoms with Gasteiger partial charge in [-0.15, -0.1) is 0 Å². The maximum absolute atomic E-state index is 5.13. The molecule has 1 rings (SSSR count). The highest BCUT2D eigenvalue weighted by atomic mass is 16.5. The number of rotatable bonds is 1. The molecular weight excluding hydrogens is 102 g/mol. The zero-order valence-corrected chi connectivity index (χ0v) is 5.02. The van der Waals surface area contributed by atoms with Gasteiger partial charge in [-0.1, -0.05) is 0 Å². The van der Waals surface area contributed by atoms with Crippen molar-refractivity contribution >= 4 is 0 Å². The number of nitrogens with one attached hydrogen (secondary N) is 1. The summed E-state index contributed by atoms with van der Waals surface area (Å²) in [6.45, 7) is 1.79. The molecule has 0 bridgehead atoms. The molecule has 8 heavy (non-hydrogen) atoms. The molecule has 0 unspecified atom stereocenters. The van der Waals surface area contributed by atoms with E-state index in [2.05, 4.69) is 12.4 Å². The Balaban J connectivity index is 2.13. The molecule has 0 aliphatic carbocycles. The van der Waals surface area contributed by atoms with E-state index >= 15 is 0 Å². The van der Waals surface area contributed by atoms with Gasteiger partial charge in [-0.05, 0) is 12.8 Å². The van der Waals surface area contributed by atoms with Crippen LogP contribution in [0.1, 0.15) is 12.8 Å². The molecule has 1 radical (unpaired) electrons. The van der Waals surface area contributed by atoms with Gasteiger partial charge in [-0.3, -0.25) is 0 Å². The maximum atomic E-state index is 5.13. The summed E-state index contributed by atoms with van der Waals surface area (Å²) in [6, 6.07) is 0.601. The lowest BCUT2D eigenvalue weighted by Crippen LogP contribution is -2.30. The summed E-state index contributed by atoms with van der Waals surface area (Å²) in [5, 5.41) is 2.97. The van der Waals surface area contributed by atoms with E-state index in [1.807, 2.05) is 0 Å². The van der Waals surface area contributed by atoms with Crippen molar-refractivity contribution in [3.63, 3.8) is 0 Å². The first kappa shape index (κ1) is 6.05. The third-order valence-electron chi connectivity index (χ3n) is 1.51. The van der Waals surface area contributed by atoms with Crippen LogP contribution in [0.25, 0.3) is 0 Å². The van der Waals surface area contributed by atoms with Crippen LogP contribution in [0.15, 0.2) is 0 Å². The molecule has 0 aromatic carbocycles. The second kappa shape index (κ2) is 3.05. The molecular formula is C6H12NO. The Kier molecular flexibility index (Phi) is 2.30. The smallest absolute Gasteiger partial charge is 0.0480 e. The molecule has 1 N–H and O–H groups in total. The van der Waals surface area contributed by atoms with Gasteiger partial charge < -0.3 is 10.1 Å². The fraction of sp³-hybridized carbons (Fsp3) is 0.833. The topological polar surface area (TPSA) is 21.3 Å². The molecule has 47 valence electrons. The predicted molar refractivity (Wildman–Crippen MR) is 32.3 cm³/mol. The average Bonchev–Trinajstić information content (AvgIpc) is 1.90. The van der Waals surface area contributed by atoms with E-state index in [1.165, 1.54) is 0 Å². The monoisotopic (exact) mass is 114 g/mol. The minimum absolute atomic E-state index is 0.601. The first-order valence-corrected chi connectivity index (χ1v) is 3.04. The van der Waals surface area contributed by atoms with E-state index in [0.717, 1.165) is 26.1 Å². The van der Waals surface area contributed by atoms with Gasteiger partial charge in [-0.25, -0.2) is 0 Å². The van der Waals surface area contributed by atoms with Crippen LogP contribution in [0.3, 0.4) is 0 Å². The lowest BCUT2D eigenvalue weighted by Gasteiger charge is -2.20. The number of ether oxygens (including phenoxy) is 1. The molecule has 1 saturated heterocycles. The minimum Gasteiger partial charge on any atom is -0.381 e. The summed E-state index contributed by atoms with van der Waals surface area (Å²) in [7, 11) is 3.60. The van der Waals surface area contributed by atoms with Crippen LogP contribution < -0.4 is 5.32 Å². The Bertz CT molecular complexity index is 59.5. The summed E-state index contributed by atoms with van der Waals surface area (Å²) in [5.74, 6) is 0. The van der Waals surface area contributed by atoms with E-state index in [0.29, 0.717) is 6.04 Å². The zero-order chi connectivity index (χ0) is 5.82. The van der Waals surface area contributed by atoms with Crippen molar-refractivity contribution in [3.8, 4) is 0 Å². The second-order valence-electron chi connectivity index (χ2n) is 2.09. The van der Waals surface area contributed by atoms with E-state index in [-0.39, 0.29) is 0 Å². The molecule has 2 heteroatoms. The summed E-state index contributed by atoms with van der Waals surface area (Å²) < 4.78 is 5.13. The van der Waals surface area contributed by atoms with Crippen LogP contribution in [-0.4, -0.2) is 19.3 Å². The summed E-state index contributed by atoms with van der Waals surface area (Å²) in [4.78, 5) is 0. The Morgan fingerprint density at radius 1 is 1.38 bits per heavy atom. The van der Waals surface area contributed by atoms with Gasteiger partial charge in [0.1, 0.15) is 0 Å². The van der Waals surface area contributed by atoms with Crippen molar-refractivity contribution < 1.29 is 4.74 Å². The third kappa shape index (κ3) is 1.46. The van der Waals surface area contributed by atoms with E-state index in [9.17, 15) is 0 Å². The first-order chi connectivity index (χ1) is 3.93. The highest BCUT2D eigenvalue weighted by Crippen LogP contribution is 2.04. The molecule has 0 saturated carbocycles. The Hall–Kier alpha value is -0.0800. The van der Waals surface area contributed by atoms with Crippen molar-refractivity contribution in [2.75, 3.05) is 13.2 Å².